The summed E-state index contributed by atoms with van der Waals surface area (Å²) in [5.41, 5.74) is 1.93. The number of carbonyl (C=O) groups is 2. The zero-order chi connectivity index (χ0) is 20.1. The van der Waals surface area contributed by atoms with Crippen LogP contribution in [0.2, 0.25) is 0 Å². The third-order valence-corrected chi connectivity index (χ3v) is 6.29. The predicted molar refractivity (Wildman–Crippen MR) is 107 cm³/mol. The molecule has 2 aromatic rings. The molecule has 3 rings (SSSR count). The molecule has 7 nitrogen and oxygen atoms in total. The molecule has 0 radical (unpaired) electrons. The van der Waals surface area contributed by atoms with Gasteiger partial charge in [-0.2, -0.15) is 0 Å². The van der Waals surface area contributed by atoms with Crippen LogP contribution in [0.5, 0.6) is 0 Å². The second kappa shape index (κ2) is 8.43. The number of anilines is 2. The molecule has 0 aliphatic carbocycles. The van der Waals surface area contributed by atoms with Crippen molar-refractivity contribution in [2.24, 2.45) is 0 Å². The molecule has 1 saturated heterocycles. The minimum Gasteiger partial charge on any atom is -0.462 e. The minimum atomic E-state index is -3.28. The molecule has 8 heteroatoms. The number of ether oxygens (including phenoxy) is 1. The molecule has 0 unspecified atom stereocenters. The van der Waals surface area contributed by atoms with Gasteiger partial charge in [-0.15, -0.1) is 0 Å². The molecule has 0 aromatic heterocycles. The van der Waals surface area contributed by atoms with Gasteiger partial charge in [0, 0.05) is 17.8 Å². The van der Waals surface area contributed by atoms with Crippen molar-refractivity contribution in [1.29, 1.82) is 0 Å². The van der Waals surface area contributed by atoms with Crippen LogP contribution in [0.25, 0.3) is 0 Å². The van der Waals surface area contributed by atoms with Gasteiger partial charge < -0.3 is 10.1 Å². The van der Waals surface area contributed by atoms with Crippen LogP contribution >= 0.6 is 0 Å². The summed E-state index contributed by atoms with van der Waals surface area (Å²) >= 11 is 0. The van der Waals surface area contributed by atoms with Gasteiger partial charge in [0.2, 0.25) is 10.0 Å². The van der Waals surface area contributed by atoms with E-state index < -0.39 is 16.0 Å². The number of nitrogens with one attached hydrogen (secondary N) is 1. The molecule has 0 saturated carbocycles. The van der Waals surface area contributed by atoms with E-state index in [-0.39, 0.29) is 11.7 Å². The SMILES string of the molecule is CCOC(=O)c1ccc(NC(=O)c2ccc(N3CCCCS3(=O)=O)cc2)cc1. The van der Waals surface area contributed by atoms with Crippen LogP contribution in [0.4, 0.5) is 11.4 Å². The van der Waals surface area contributed by atoms with Crippen molar-refractivity contribution < 1.29 is 22.7 Å². The van der Waals surface area contributed by atoms with Gasteiger partial charge in [0.25, 0.3) is 5.91 Å². The highest BCUT2D eigenvalue weighted by Crippen LogP contribution is 2.24. The van der Waals surface area contributed by atoms with E-state index in [4.69, 9.17) is 4.74 Å². The maximum Gasteiger partial charge on any atom is 0.338 e. The van der Waals surface area contributed by atoms with Gasteiger partial charge >= 0.3 is 5.97 Å². The molecule has 28 heavy (non-hydrogen) atoms. The number of rotatable bonds is 5. The van der Waals surface area contributed by atoms with Crippen LogP contribution in [0.15, 0.2) is 48.5 Å². The van der Waals surface area contributed by atoms with Gasteiger partial charge in [-0.25, -0.2) is 13.2 Å². The first-order chi connectivity index (χ1) is 13.4. The molecule has 0 spiro atoms. The number of hydrogen-bond donors (Lipinski definition) is 1. The number of amides is 1. The van der Waals surface area contributed by atoms with Crippen LogP contribution in [0.3, 0.4) is 0 Å². The Morgan fingerprint density at radius 2 is 1.64 bits per heavy atom. The zero-order valence-electron chi connectivity index (χ0n) is 15.6. The lowest BCUT2D eigenvalue weighted by atomic mass is 10.1. The third-order valence-electron chi connectivity index (χ3n) is 4.42. The largest absolute Gasteiger partial charge is 0.462 e. The molecule has 0 bridgehead atoms. The van der Waals surface area contributed by atoms with E-state index in [1.165, 1.54) is 4.31 Å². The summed E-state index contributed by atoms with van der Waals surface area (Å²) in [5, 5.41) is 2.75. The van der Waals surface area contributed by atoms with Crippen molar-refractivity contribution in [1.82, 2.24) is 0 Å². The molecule has 1 aliphatic rings. The summed E-state index contributed by atoms with van der Waals surface area (Å²) in [6, 6.07) is 12.9. The van der Waals surface area contributed by atoms with Crippen molar-refractivity contribution in [3.8, 4) is 0 Å². The number of nitrogens with zero attached hydrogens (tertiary/aromatic N) is 1. The summed E-state index contributed by atoms with van der Waals surface area (Å²) in [7, 11) is -3.28. The monoisotopic (exact) mass is 402 g/mol. The Morgan fingerprint density at radius 1 is 1.00 bits per heavy atom. The third kappa shape index (κ3) is 4.51. The van der Waals surface area contributed by atoms with Crippen molar-refractivity contribution in [2.75, 3.05) is 28.5 Å². The number of hydrogen-bond acceptors (Lipinski definition) is 5. The number of sulfonamides is 1. The molecule has 1 aliphatic heterocycles. The first-order valence-electron chi connectivity index (χ1n) is 9.10. The number of benzene rings is 2. The van der Waals surface area contributed by atoms with Crippen LogP contribution in [-0.2, 0) is 14.8 Å². The van der Waals surface area contributed by atoms with E-state index >= 15 is 0 Å². The standard InChI is InChI=1S/C20H22N2O5S/c1-2-27-20(24)16-5-9-17(10-6-16)21-19(23)15-7-11-18(12-8-15)22-13-3-4-14-28(22,25)26/h5-12H,2-4,13-14H2,1H3,(H,21,23). The normalized spacial score (nSPS) is 15.7. The fourth-order valence-electron chi connectivity index (χ4n) is 2.97. The summed E-state index contributed by atoms with van der Waals surface area (Å²) in [4.78, 5) is 24.1. The van der Waals surface area contributed by atoms with Gasteiger partial charge in [0.1, 0.15) is 0 Å². The van der Waals surface area contributed by atoms with E-state index in [2.05, 4.69) is 5.32 Å². The Kier molecular flexibility index (Phi) is 5.99. The first-order valence-corrected chi connectivity index (χ1v) is 10.7. The highest BCUT2D eigenvalue weighted by atomic mass is 32.2. The molecule has 1 amide bonds. The summed E-state index contributed by atoms with van der Waals surface area (Å²) in [6.07, 6.45) is 1.50. The summed E-state index contributed by atoms with van der Waals surface area (Å²) in [5.74, 6) is -0.586. The van der Waals surface area contributed by atoms with Crippen molar-refractivity contribution in [3.05, 3.63) is 59.7 Å². The Hall–Kier alpha value is -2.87. The molecular formula is C20H22N2O5S. The number of esters is 1. The van der Waals surface area contributed by atoms with Gasteiger partial charge in [-0.3, -0.25) is 9.10 Å². The average molecular weight is 402 g/mol. The van der Waals surface area contributed by atoms with E-state index in [1.54, 1.807) is 55.5 Å². The maximum absolute atomic E-state index is 12.4. The van der Waals surface area contributed by atoms with Crippen LogP contribution in [0, 0.1) is 0 Å². The highest BCUT2D eigenvalue weighted by Gasteiger charge is 2.26. The lowest BCUT2D eigenvalue weighted by molar-refractivity contribution is 0.0526. The number of carbonyl (C=O) groups excluding carboxylic acids is 2. The van der Waals surface area contributed by atoms with Crippen molar-refractivity contribution >= 4 is 33.3 Å². The quantitative estimate of drug-likeness (QED) is 0.776. The first kappa shape index (κ1) is 19.9. The topological polar surface area (TPSA) is 92.8 Å². The average Bonchev–Trinajstić information content (AvgIpc) is 2.68. The fourth-order valence-corrected chi connectivity index (χ4v) is 4.60. The molecule has 1 fully saturated rings. The minimum absolute atomic E-state index is 0.150. The predicted octanol–water partition coefficient (Wildman–Crippen LogP) is 3.05. The van der Waals surface area contributed by atoms with E-state index in [0.717, 1.165) is 6.42 Å². The fraction of sp³-hybridized carbons (Fsp3) is 0.300. The Morgan fingerprint density at radius 3 is 2.25 bits per heavy atom. The lowest BCUT2D eigenvalue weighted by Crippen LogP contribution is -2.37. The van der Waals surface area contributed by atoms with Crippen LogP contribution in [0.1, 0.15) is 40.5 Å². The van der Waals surface area contributed by atoms with Crippen LogP contribution < -0.4 is 9.62 Å². The van der Waals surface area contributed by atoms with E-state index in [9.17, 15) is 18.0 Å². The highest BCUT2D eigenvalue weighted by molar-refractivity contribution is 7.92. The Balaban J connectivity index is 1.67. The molecule has 0 atom stereocenters. The van der Waals surface area contributed by atoms with Crippen LogP contribution in [-0.4, -0.2) is 39.2 Å². The van der Waals surface area contributed by atoms with E-state index in [0.29, 0.717) is 42.1 Å². The van der Waals surface area contributed by atoms with Gasteiger partial charge in [-0.1, -0.05) is 0 Å². The second-order valence-electron chi connectivity index (χ2n) is 6.39. The molecule has 148 valence electrons. The van der Waals surface area contributed by atoms with E-state index in [1.807, 2.05) is 0 Å². The smallest absolute Gasteiger partial charge is 0.338 e. The molecule has 1 N–H and O–H groups in total. The zero-order valence-corrected chi connectivity index (χ0v) is 16.4. The summed E-state index contributed by atoms with van der Waals surface area (Å²) < 4.78 is 30.7. The maximum atomic E-state index is 12.4. The lowest BCUT2D eigenvalue weighted by Gasteiger charge is -2.28. The van der Waals surface area contributed by atoms with Gasteiger partial charge in [0.05, 0.1) is 23.6 Å². The molecule has 1 heterocycles. The van der Waals surface area contributed by atoms with Crippen molar-refractivity contribution in [2.45, 2.75) is 19.8 Å². The Bertz CT molecular complexity index is 953. The molecule has 2 aromatic carbocycles. The van der Waals surface area contributed by atoms with Crippen molar-refractivity contribution in [3.63, 3.8) is 0 Å². The molecular weight excluding hydrogens is 380 g/mol. The van der Waals surface area contributed by atoms with Gasteiger partial charge in [0.15, 0.2) is 0 Å². The second-order valence-corrected chi connectivity index (χ2v) is 8.41. The summed E-state index contributed by atoms with van der Waals surface area (Å²) in [6.45, 7) is 2.49. The Labute approximate surface area is 164 Å². The van der Waals surface area contributed by atoms with Gasteiger partial charge in [-0.05, 0) is 68.3 Å².